The Bertz CT molecular complexity index is 800. The van der Waals surface area contributed by atoms with Crippen LogP contribution in [0.1, 0.15) is 101 Å². The highest BCUT2D eigenvalue weighted by atomic mass is 15.1. The van der Waals surface area contributed by atoms with Gasteiger partial charge in [-0.05, 0) is 36.8 Å². The van der Waals surface area contributed by atoms with Gasteiger partial charge in [-0.1, -0.05) is 132 Å². The molecule has 0 saturated carbocycles. The molecular weight excluding hydrogens is 412 g/mol. The Morgan fingerprint density at radius 2 is 1.15 bits per heavy atom. The van der Waals surface area contributed by atoms with E-state index in [1.165, 1.54) is 88.2 Å². The zero-order valence-corrected chi connectivity index (χ0v) is 21.5. The van der Waals surface area contributed by atoms with E-state index < -0.39 is 0 Å². The normalized spacial score (nSPS) is 12.3. The third kappa shape index (κ3) is 9.87. The van der Waals surface area contributed by atoms with E-state index in [0.29, 0.717) is 12.0 Å². The van der Waals surface area contributed by atoms with Crippen molar-refractivity contribution in [3.05, 3.63) is 90.5 Å². The molecule has 2 heteroatoms. The number of benzene rings is 2. The summed E-state index contributed by atoms with van der Waals surface area (Å²) in [6, 6.07) is 22.6. The molecular formula is C32H47N2+. The van der Waals surface area contributed by atoms with Crippen LogP contribution in [-0.4, -0.2) is 4.98 Å². The minimum atomic E-state index is 0.519. The van der Waals surface area contributed by atoms with Crippen molar-refractivity contribution in [2.75, 3.05) is 0 Å². The fraction of sp³-hybridized carbons (Fsp3) is 0.531. The van der Waals surface area contributed by atoms with Crippen LogP contribution in [-0.2, 0) is 12.8 Å². The van der Waals surface area contributed by atoms with Crippen molar-refractivity contribution in [2.24, 2.45) is 5.92 Å². The van der Waals surface area contributed by atoms with Crippen LogP contribution < -0.4 is 4.57 Å². The van der Waals surface area contributed by atoms with Gasteiger partial charge in [0.1, 0.15) is 18.4 Å². The summed E-state index contributed by atoms with van der Waals surface area (Å²) in [6.07, 6.45) is 25.4. The fourth-order valence-electron chi connectivity index (χ4n) is 5.33. The molecule has 1 N–H and O–H groups in total. The fourth-order valence-corrected chi connectivity index (χ4v) is 5.33. The van der Waals surface area contributed by atoms with E-state index in [4.69, 9.17) is 0 Å². The number of nitrogens with zero attached hydrogens (tertiary/aromatic N) is 1. The highest BCUT2D eigenvalue weighted by molar-refractivity contribution is 5.19. The van der Waals surface area contributed by atoms with Crippen molar-refractivity contribution in [2.45, 2.75) is 103 Å². The molecule has 0 spiro atoms. The number of aromatic amines is 1. The number of H-pyrrole nitrogens is 1. The van der Waals surface area contributed by atoms with Gasteiger partial charge in [-0.25, -0.2) is 4.57 Å². The summed E-state index contributed by atoms with van der Waals surface area (Å²) in [5, 5.41) is 0. The van der Waals surface area contributed by atoms with Crippen molar-refractivity contribution < 1.29 is 4.57 Å². The average molecular weight is 460 g/mol. The molecule has 0 fully saturated rings. The first-order valence-corrected chi connectivity index (χ1v) is 14.0. The summed E-state index contributed by atoms with van der Waals surface area (Å²) in [7, 11) is 0. The molecule has 0 aliphatic carbocycles. The third-order valence-corrected chi connectivity index (χ3v) is 7.28. The molecule has 0 bridgehead atoms. The van der Waals surface area contributed by atoms with Gasteiger partial charge in [-0.3, -0.25) is 4.98 Å². The summed E-state index contributed by atoms with van der Waals surface area (Å²) in [6.45, 7) is 2.30. The molecule has 0 radical (unpaired) electrons. The molecule has 2 aromatic carbocycles. The first kappa shape index (κ1) is 26.3. The molecule has 3 aromatic rings. The molecule has 2 nitrogen and oxygen atoms in total. The van der Waals surface area contributed by atoms with E-state index in [1.54, 1.807) is 0 Å². The zero-order chi connectivity index (χ0) is 23.7. The van der Waals surface area contributed by atoms with Crippen LogP contribution >= 0.6 is 0 Å². The predicted molar refractivity (Wildman–Crippen MR) is 145 cm³/mol. The van der Waals surface area contributed by atoms with Crippen molar-refractivity contribution in [3.8, 4) is 0 Å². The second kappa shape index (κ2) is 16.3. The molecule has 184 valence electrons. The van der Waals surface area contributed by atoms with Gasteiger partial charge in [-0.2, -0.15) is 0 Å². The lowest BCUT2D eigenvalue weighted by molar-refractivity contribution is -0.729. The van der Waals surface area contributed by atoms with Crippen LogP contribution in [0.2, 0.25) is 0 Å². The lowest BCUT2D eigenvalue weighted by atomic mass is 9.84. The quantitative estimate of drug-likeness (QED) is 0.145. The van der Waals surface area contributed by atoms with E-state index in [-0.39, 0.29) is 0 Å². The van der Waals surface area contributed by atoms with Crippen LogP contribution in [0.4, 0.5) is 0 Å². The Morgan fingerprint density at radius 1 is 0.647 bits per heavy atom. The van der Waals surface area contributed by atoms with E-state index in [0.717, 1.165) is 12.8 Å². The molecule has 1 atom stereocenters. The molecule has 0 amide bonds. The van der Waals surface area contributed by atoms with Gasteiger partial charge >= 0.3 is 0 Å². The standard InChI is InChI=1S/C32H46N2/c1-2-3-4-5-6-7-8-9-10-11-18-23-32(34-25-24-33-28-34)31(26-29-19-14-12-15-20-29)27-30-21-16-13-17-22-30/h12-17,19-22,24-25,28,31-32H,2-11,18,23,26-27H2,1H3/p+1. The van der Waals surface area contributed by atoms with Crippen molar-refractivity contribution in [1.29, 1.82) is 0 Å². The van der Waals surface area contributed by atoms with Gasteiger partial charge in [0.15, 0.2) is 0 Å². The molecule has 1 unspecified atom stereocenters. The van der Waals surface area contributed by atoms with Crippen LogP contribution in [0.5, 0.6) is 0 Å². The maximum atomic E-state index is 3.30. The minimum Gasteiger partial charge on any atom is -0.250 e. The third-order valence-electron chi connectivity index (χ3n) is 7.28. The zero-order valence-electron chi connectivity index (χ0n) is 21.5. The van der Waals surface area contributed by atoms with Gasteiger partial charge in [0.2, 0.25) is 6.33 Å². The molecule has 0 saturated heterocycles. The topological polar surface area (TPSA) is 19.7 Å². The smallest absolute Gasteiger partial charge is 0.241 e. The Labute approximate surface area is 208 Å². The van der Waals surface area contributed by atoms with Crippen molar-refractivity contribution in [3.63, 3.8) is 0 Å². The average Bonchev–Trinajstić information content (AvgIpc) is 3.40. The maximum Gasteiger partial charge on any atom is 0.241 e. The minimum absolute atomic E-state index is 0.519. The number of nitrogens with one attached hydrogen (secondary N) is 1. The Hall–Kier alpha value is -2.35. The summed E-state index contributed by atoms with van der Waals surface area (Å²) < 4.78 is 2.44. The van der Waals surface area contributed by atoms with Gasteiger partial charge in [-0.15, -0.1) is 0 Å². The Balaban J connectivity index is 1.52. The highest BCUT2D eigenvalue weighted by Crippen LogP contribution is 2.27. The van der Waals surface area contributed by atoms with Crippen LogP contribution in [0.25, 0.3) is 0 Å². The molecule has 0 aliphatic rings. The molecule has 34 heavy (non-hydrogen) atoms. The van der Waals surface area contributed by atoms with Crippen LogP contribution in [0, 0.1) is 5.92 Å². The van der Waals surface area contributed by atoms with Crippen molar-refractivity contribution in [1.82, 2.24) is 4.98 Å². The Kier molecular flexibility index (Phi) is 12.6. The summed E-state index contributed by atoms with van der Waals surface area (Å²) in [5.74, 6) is 0.578. The second-order valence-corrected chi connectivity index (χ2v) is 10.1. The highest BCUT2D eigenvalue weighted by Gasteiger charge is 2.27. The molecule has 1 aromatic heterocycles. The van der Waals surface area contributed by atoms with Crippen LogP contribution in [0.15, 0.2) is 79.4 Å². The van der Waals surface area contributed by atoms with E-state index in [2.05, 4.69) is 95.9 Å². The number of rotatable bonds is 18. The second-order valence-electron chi connectivity index (χ2n) is 10.1. The first-order valence-electron chi connectivity index (χ1n) is 14.0. The number of hydrogen-bond acceptors (Lipinski definition) is 0. The summed E-state index contributed by atoms with van der Waals surface area (Å²) in [5.41, 5.74) is 2.90. The van der Waals surface area contributed by atoms with Gasteiger partial charge < -0.3 is 0 Å². The monoisotopic (exact) mass is 459 g/mol. The first-order chi connectivity index (χ1) is 16.9. The van der Waals surface area contributed by atoms with E-state index in [9.17, 15) is 0 Å². The molecule has 0 aliphatic heterocycles. The summed E-state index contributed by atoms with van der Waals surface area (Å²) >= 11 is 0. The van der Waals surface area contributed by atoms with Crippen LogP contribution in [0.3, 0.4) is 0 Å². The summed E-state index contributed by atoms with van der Waals surface area (Å²) in [4.78, 5) is 3.30. The van der Waals surface area contributed by atoms with Gasteiger partial charge in [0.25, 0.3) is 0 Å². The van der Waals surface area contributed by atoms with E-state index in [1.807, 2.05) is 0 Å². The largest absolute Gasteiger partial charge is 0.250 e. The Morgan fingerprint density at radius 3 is 1.62 bits per heavy atom. The predicted octanol–water partition coefficient (Wildman–Crippen LogP) is 8.65. The SMILES string of the molecule is CCCCCCCCCCCCCC(C(Cc1ccccc1)Cc1ccccc1)[n+]1cc[nH]c1. The number of imidazole rings is 1. The number of unbranched alkanes of at least 4 members (excludes halogenated alkanes) is 10. The molecule has 3 rings (SSSR count). The lowest BCUT2D eigenvalue weighted by Gasteiger charge is -2.25. The molecule has 1 heterocycles. The van der Waals surface area contributed by atoms with Gasteiger partial charge in [0, 0.05) is 5.92 Å². The lowest BCUT2D eigenvalue weighted by Crippen LogP contribution is -2.43. The number of aromatic nitrogens is 2. The van der Waals surface area contributed by atoms with E-state index >= 15 is 0 Å². The van der Waals surface area contributed by atoms with Crippen molar-refractivity contribution >= 4 is 0 Å². The maximum absolute atomic E-state index is 3.30. The number of hydrogen-bond donors (Lipinski definition) is 1. The van der Waals surface area contributed by atoms with Gasteiger partial charge in [0.05, 0.1) is 0 Å².